The fraction of sp³-hybridized carbons (Fsp3) is 0.500. The maximum Gasteiger partial charge on any atom is 0.416 e. The quantitative estimate of drug-likeness (QED) is 0.294. The summed E-state index contributed by atoms with van der Waals surface area (Å²) in [6.07, 6.45) is -5.25. The molecular weight excluding hydrogens is 581 g/mol. The van der Waals surface area contributed by atoms with Crippen LogP contribution in [0.1, 0.15) is 43.2 Å². The van der Waals surface area contributed by atoms with Gasteiger partial charge in [0.05, 0.1) is 25.9 Å². The molecule has 12 nitrogen and oxygen atoms in total. The van der Waals surface area contributed by atoms with Crippen LogP contribution in [-0.4, -0.2) is 80.9 Å². The number of pyridine rings is 1. The number of halogens is 3. The molecule has 1 saturated heterocycles. The van der Waals surface area contributed by atoms with E-state index in [2.05, 4.69) is 10.3 Å². The Labute approximate surface area is 245 Å². The van der Waals surface area contributed by atoms with Crippen molar-refractivity contribution in [2.75, 3.05) is 33.7 Å². The summed E-state index contributed by atoms with van der Waals surface area (Å²) in [6, 6.07) is 4.24. The highest BCUT2D eigenvalue weighted by atomic mass is 19.4. The second-order valence-electron chi connectivity index (χ2n) is 9.31. The van der Waals surface area contributed by atoms with Crippen LogP contribution in [0.5, 0.6) is 17.2 Å². The Balaban J connectivity index is 1.79. The van der Waals surface area contributed by atoms with Crippen molar-refractivity contribution in [1.29, 1.82) is 0 Å². The predicted molar refractivity (Wildman–Crippen MR) is 142 cm³/mol. The molecule has 1 aromatic heterocycles. The maximum absolute atomic E-state index is 13.2. The molecular formula is C28H33F3N2O10. The zero-order valence-corrected chi connectivity index (χ0v) is 24.0. The van der Waals surface area contributed by atoms with Gasteiger partial charge in [0.2, 0.25) is 6.79 Å². The van der Waals surface area contributed by atoms with Gasteiger partial charge < -0.3 is 38.5 Å². The first-order valence-corrected chi connectivity index (χ1v) is 13.3. The zero-order valence-electron chi connectivity index (χ0n) is 24.0. The van der Waals surface area contributed by atoms with Gasteiger partial charge in [0, 0.05) is 25.8 Å². The van der Waals surface area contributed by atoms with Crippen LogP contribution in [0, 0.1) is 0 Å². The number of nitrogens with zero attached hydrogens (tertiary/aromatic N) is 1. The maximum atomic E-state index is 13.2. The number of carbonyl (C=O) groups excluding carboxylic acids is 3. The number of alkyl halides is 3. The Morgan fingerprint density at radius 3 is 2.49 bits per heavy atom. The first kappa shape index (κ1) is 33.4. The van der Waals surface area contributed by atoms with Crippen molar-refractivity contribution in [1.82, 2.24) is 10.3 Å². The fourth-order valence-electron chi connectivity index (χ4n) is 3.99. The van der Waals surface area contributed by atoms with Gasteiger partial charge in [0.15, 0.2) is 29.3 Å². The number of methoxy groups -OCH3 is 1. The van der Waals surface area contributed by atoms with Crippen LogP contribution in [-0.2, 0) is 34.7 Å². The summed E-state index contributed by atoms with van der Waals surface area (Å²) in [5, 5.41) is 2.50. The van der Waals surface area contributed by atoms with E-state index in [9.17, 15) is 27.6 Å². The summed E-state index contributed by atoms with van der Waals surface area (Å²) < 4.78 is 77.6. The molecule has 1 aromatic carbocycles. The molecule has 0 aliphatic carbocycles. The van der Waals surface area contributed by atoms with Crippen molar-refractivity contribution in [2.45, 2.75) is 57.7 Å². The van der Waals surface area contributed by atoms with E-state index in [-0.39, 0.29) is 42.8 Å². The van der Waals surface area contributed by atoms with Crippen molar-refractivity contribution >= 4 is 17.8 Å². The minimum atomic E-state index is -4.51. The number of rotatable bonds is 11. The second-order valence-corrected chi connectivity index (χ2v) is 9.31. The van der Waals surface area contributed by atoms with Gasteiger partial charge >= 0.3 is 18.1 Å². The normalized spacial score (nSPS) is 21.0. The van der Waals surface area contributed by atoms with Gasteiger partial charge in [-0.25, -0.2) is 9.78 Å². The Bertz CT molecular complexity index is 1240. The minimum absolute atomic E-state index is 0.119. The number of ether oxygens (including phenoxy) is 7. The molecule has 43 heavy (non-hydrogen) atoms. The highest BCUT2D eigenvalue weighted by Crippen LogP contribution is 2.31. The lowest BCUT2D eigenvalue weighted by atomic mass is 10.1. The van der Waals surface area contributed by atoms with Crippen molar-refractivity contribution in [2.24, 2.45) is 0 Å². The number of nitrogens with one attached hydrogen (secondary N) is 1. The van der Waals surface area contributed by atoms with Crippen LogP contribution in [0.15, 0.2) is 36.5 Å². The molecule has 15 heteroatoms. The number of carbonyl (C=O) groups is 3. The summed E-state index contributed by atoms with van der Waals surface area (Å²) in [7, 11) is 1.33. The smallest absolute Gasteiger partial charge is 0.416 e. The van der Waals surface area contributed by atoms with Gasteiger partial charge in [-0.2, -0.15) is 13.2 Å². The van der Waals surface area contributed by atoms with Crippen LogP contribution in [0.3, 0.4) is 0 Å². The predicted octanol–water partition coefficient (Wildman–Crippen LogP) is 3.31. The molecule has 236 valence electrons. The first-order valence-electron chi connectivity index (χ1n) is 13.3. The number of hydrogen-bond donors (Lipinski definition) is 1. The molecule has 2 heterocycles. The van der Waals surface area contributed by atoms with E-state index in [1.165, 1.54) is 38.4 Å². The van der Waals surface area contributed by atoms with Crippen LogP contribution in [0.2, 0.25) is 0 Å². The first-order chi connectivity index (χ1) is 20.4. The fourth-order valence-corrected chi connectivity index (χ4v) is 3.99. The summed E-state index contributed by atoms with van der Waals surface area (Å²) in [5.41, 5.74) is -1.10. The lowest BCUT2D eigenvalue weighted by Crippen LogP contribution is -2.47. The zero-order chi connectivity index (χ0) is 31.6. The molecule has 0 bridgehead atoms. The molecule has 0 spiro atoms. The second kappa shape index (κ2) is 15.4. The standard InChI is InChI=1S/C28H33F3N2O10/c1-5-12-39-24-16(2)42-27(36)20(13-38-14-22(24)43-19-8-6-18(7-9-19)28(29,30)31)33-26(35)23-25(41-15-40-17(3)34)21(37-4)10-11-32-23/h6-11,16,20,22,24H,5,12-15H2,1-4H3,(H,33,35)/t16-,20-,22-,24-/m0/s1. The van der Waals surface area contributed by atoms with Gasteiger partial charge in [0.25, 0.3) is 5.91 Å². The van der Waals surface area contributed by atoms with E-state index in [1.54, 1.807) is 6.92 Å². The highest BCUT2D eigenvalue weighted by molar-refractivity contribution is 5.98. The molecule has 3 rings (SSSR count). The number of amides is 1. The number of aromatic nitrogens is 1. The molecule has 0 saturated carbocycles. The monoisotopic (exact) mass is 614 g/mol. The minimum Gasteiger partial charge on any atom is -0.493 e. The third-order valence-electron chi connectivity index (χ3n) is 6.04. The van der Waals surface area contributed by atoms with Gasteiger partial charge in [0.1, 0.15) is 18.0 Å². The lowest BCUT2D eigenvalue weighted by molar-refractivity contribution is -0.162. The third kappa shape index (κ3) is 9.44. The molecule has 1 fully saturated rings. The van der Waals surface area contributed by atoms with Crippen LogP contribution in [0.4, 0.5) is 13.2 Å². The average Bonchev–Trinajstić information content (AvgIpc) is 3.00. The van der Waals surface area contributed by atoms with Crippen molar-refractivity contribution in [3.63, 3.8) is 0 Å². The molecule has 1 aliphatic rings. The topological polar surface area (TPSA) is 141 Å². The summed E-state index contributed by atoms with van der Waals surface area (Å²) in [5.74, 6) is -2.19. The summed E-state index contributed by atoms with van der Waals surface area (Å²) in [4.78, 5) is 41.5. The van der Waals surface area contributed by atoms with E-state index < -0.39 is 60.7 Å². The molecule has 4 atom stereocenters. The number of hydrogen-bond acceptors (Lipinski definition) is 11. The third-order valence-corrected chi connectivity index (χ3v) is 6.04. The molecule has 1 aliphatic heterocycles. The van der Waals surface area contributed by atoms with Crippen LogP contribution >= 0.6 is 0 Å². The number of esters is 2. The molecule has 1 N–H and O–H groups in total. The molecule has 0 radical (unpaired) electrons. The summed E-state index contributed by atoms with van der Waals surface area (Å²) in [6.45, 7) is 3.86. The SMILES string of the molecule is CCCO[C@H]1[C@H](C)OC(=O)[C@@H](NC(=O)c2nccc(OC)c2OCOC(C)=O)COC[C@@H]1Oc1ccc(C(F)(F)F)cc1. The lowest BCUT2D eigenvalue weighted by Gasteiger charge is -2.31. The largest absolute Gasteiger partial charge is 0.493 e. The molecule has 1 amide bonds. The number of cyclic esters (lactones) is 1. The Hall–Kier alpha value is -4.11. The Kier molecular flexibility index (Phi) is 11.9. The van der Waals surface area contributed by atoms with Crippen molar-refractivity contribution in [3.8, 4) is 17.2 Å². The van der Waals surface area contributed by atoms with Gasteiger partial charge in [-0.05, 0) is 37.6 Å². The Morgan fingerprint density at radius 2 is 1.86 bits per heavy atom. The van der Waals surface area contributed by atoms with Gasteiger partial charge in [-0.3, -0.25) is 9.59 Å². The van der Waals surface area contributed by atoms with Crippen LogP contribution in [0.25, 0.3) is 0 Å². The molecule has 2 aromatic rings. The Morgan fingerprint density at radius 1 is 1.14 bits per heavy atom. The van der Waals surface area contributed by atoms with E-state index in [1.807, 2.05) is 6.92 Å². The van der Waals surface area contributed by atoms with Crippen molar-refractivity contribution < 1.29 is 60.7 Å². The van der Waals surface area contributed by atoms with E-state index in [0.29, 0.717) is 6.42 Å². The van der Waals surface area contributed by atoms with Crippen LogP contribution < -0.4 is 19.5 Å². The van der Waals surface area contributed by atoms with Crippen molar-refractivity contribution in [3.05, 3.63) is 47.8 Å². The average molecular weight is 615 g/mol. The van der Waals surface area contributed by atoms with Gasteiger partial charge in [-0.15, -0.1) is 0 Å². The summed E-state index contributed by atoms with van der Waals surface area (Å²) >= 11 is 0. The van der Waals surface area contributed by atoms with E-state index in [4.69, 9.17) is 33.2 Å². The highest BCUT2D eigenvalue weighted by Gasteiger charge is 2.37. The molecule has 0 unspecified atom stereocenters. The van der Waals surface area contributed by atoms with Gasteiger partial charge in [-0.1, -0.05) is 6.92 Å². The number of benzene rings is 1. The van der Waals surface area contributed by atoms with E-state index >= 15 is 0 Å². The van der Waals surface area contributed by atoms with E-state index in [0.717, 1.165) is 12.1 Å².